The Kier molecular flexibility index (Phi) is 7.47. The van der Waals surface area contributed by atoms with Crippen LogP contribution in [-0.4, -0.2) is 32.9 Å². The molecule has 0 heterocycles. The smallest absolute Gasteiger partial charge is 0.307 e. The number of amides is 1. The van der Waals surface area contributed by atoms with E-state index in [0.717, 1.165) is 5.56 Å². The molecule has 2 rings (SSSR count). The van der Waals surface area contributed by atoms with Gasteiger partial charge in [-0.3, -0.25) is 9.59 Å². The first kappa shape index (κ1) is 22.1. The molecular formula is C20H21N3O5S. The number of hydrogen-bond acceptors (Lipinski definition) is 6. The van der Waals surface area contributed by atoms with Crippen LogP contribution in [0.2, 0.25) is 0 Å². The number of hydrogen-bond donors (Lipinski definition) is 2. The third kappa shape index (κ3) is 6.71. The molecule has 2 aromatic carbocycles. The van der Waals surface area contributed by atoms with Crippen LogP contribution in [0.5, 0.6) is 0 Å². The molecule has 0 aliphatic heterocycles. The Hall–Kier alpha value is -3.22. The van der Waals surface area contributed by atoms with Gasteiger partial charge in [-0.05, 0) is 50.2 Å². The number of carbonyl (C=O) groups excluding carboxylic acids is 2. The van der Waals surface area contributed by atoms with Gasteiger partial charge in [-0.25, -0.2) is 13.1 Å². The highest BCUT2D eigenvalue weighted by atomic mass is 32.2. The van der Waals surface area contributed by atoms with Crippen molar-refractivity contribution in [1.29, 1.82) is 5.26 Å². The second-order valence-electron chi connectivity index (χ2n) is 6.27. The van der Waals surface area contributed by atoms with Crippen molar-refractivity contribution in [2.45, 2.75) is 31.3 Å². The highest BCUT2D eigenvalue weighted by Crippen LogP contribution is 2.11. The molecule has 2 aromatic rings. The van der Waals surface area contributed by atoms with Gasteiger partial charge < -0.3 is 10.1 Å². The van der Waals surface area contributed by atoms with Crippen molar-refractivity contribution in [3.63, 3.8) is 0 Å². The summed E-state index contributed by atoms with van der Waals surface area (Å²) in [5.41, 5.74) is 1.85. The van der Waals surface area contributed by atoms with Crippen LogP contribution in [0.15, 0.2) is 53.4 Å². The summed E-state index contributed by atoms with van der Waals surface area (Å²) in [7, 11) is -3.72. The molecule has 29 heavy (non-hydrogen) atoms. The summed E-state index contributed by atoms with van der Waals surface area (Å²) >= 11 is 0. The molecular weight excluding hydrogens is 394 g/mol. The molecule has 152 valence electrons. The molecule has 1 amide bonds. The summed E-state index contributed by atoms with van der Waals surface area (Å²) in [6.07, 6.45) is -1.29. The quantitative estimate of drug-likeness (QED) is 0.636. The standard InChI is InChI=1S/C20H21N3O5S/c1-14-3-9-18(10-4-14)29(26,27)22-12-11-19(24)28-15(2)20(25)23-17-7-5-16(13-21)6-8-17/h3-10,15,22H,11-12H2,1-2H3,(H,23,25)/t15-/m1/s1. The number of sulfonamides is 1. The number of aryl methyl sites for hydroxylation is 1. The molecule has 8 nitrogen and oxygen atoms in total. The van der Waals surface area contributed by atoms with Crippen LogP contribution >= 0.6 is 0 Å². The summed E-state index contributed by atoms with van der Waals surface area (Å²) < 4.78 is 31.7. The Morgan fingerprint density at radius 2 is 1.72 bits per heavy atom. The van der Waals surface area contributed by atoms with Crippen LogP contribution in [0.25, 0.3) is 0 Å². The molecule has 0 radical (unpaired) electrons. The fourth-order valence-electron chi connectivity index (χ4n) is 2.27. The second kappa shape index (κ2) is 9.82. The summed E-state index contributed by atoms with van der Waals surface area (Å²) in [6.45, 7) is 3.10. The largest absolute Gasteiger partial charge is 0.452 e. The van der Waals surface area contributed by atoms with Gasteiger partial charge in [-0.15, -0.1) is 0 Å². The third-order valence-electron chi connectivity index (χ3n) is 3.91. The maximum absolute atomic E-state index is 12.2. The van der Waals surface area contributed by atoms with Gasteiger partial charge in [0, 0.05) is 12.2 Å². The van der Waals surface area contributed by atoms with Crippen molar-refractivity contribution >= 4 is 27.6 Å². The predicted molar refractivity (Wildman–Crippen MR) is 106 cm³/mol. The molecule has 0 saturated carbocycles. The Balaban J connectivity index is 1.79. The van der Waals surface area contributed by atoms with Gasteiger partial charge in [-0.2, -0.15) is 5.26 Å². The number of nitrogens with zero attached hydrogens (tertiary/aromatic N) is 1. The minimum atomic E-state index is -3.72. The Bertz CT molecular complexity index is 1010. The Morgan fingerprint density at radius 1 is 1.10 bits per heavy atom. The maximum atomic E-state index is 12.2. The van der Waals surface area contributed by atoms with Crippen molar-refractivity contribution in [3.8, 4) is 6.07 Å². The maximum Gasteiger partial charge on any atom is 0.307 e. The number of ether oxygens (including phenoxy) is 1. The van der Waals surface area contributed by atoms with E-state index in [0.29, 0.717) is 11.3 Å². The first-order valence-corrected chi connectivity index (χ1v) is 10.3. The van der Waals surface area contributed by atoms with Crippen LogP contribution < -0.4 is 10.0 Å². The van der Waals surface area contributed by atoms with Gasteiger partial charge in [0.1, 0.15) is 0 Å². The van der Waals surface area contributed by atoms with E-state index in [1.807, 2.05) is 13.0 Å². The van der Waals surface area contributed by atoms with E-state index in [1.54, 1.807) is 36.4 Å². The normalized spacial score (nSPS) is 11.9. The zero-order chi connectivity index (χ0) is 21.4. The molecule has 0 aromatic heterocycles. The van der Waals surface area contributed by atoms with E-state index in [4.69, 9.17) is 10.00 Å². The van der Waals surface area contributed by atoms with E-state index < -0.39 is 28.0 Å². The first-order valence-electron chi connectivity index (χ1n) is 8.78. The molecule has 1 atom stereocenters. The fraction of sp³-hybridized carbons (Fsp3) is 0.250. The lowest BCUT2D eigenvalue weighted by Crippen LogP contribution is -2.32. The molecule has 0 aliphatic carbocycles. The van der Waals surface area contributed by atoms with Crippen LogP contribution in [0.3, 0.4) is 0 Å². The summed E-state index contributed by atoms with van der Waals surface area (Å²) in [6, 6.07) is 14.5. The first-order chi connectivity index (χ1) is 13.7. The molecule has 0 aliphatic rings. The lowest BCUT2D eigenvalue weighted by molar-refractivity contribution is -0.152. The third-order valence-corrected chi connectivity index (χ3v) is 5.39. The molecule has 0 bridgehead atoms. The van der Waals surface area contributed by atoms with Gasteiger partial charge in [0.05, 0.1) is 22.9 Å². The molecule has 0 unspecified atom stereocenters. The minimum Gasteiger partial charge on any atom is -0.452 e. The van der Waals surface area contributed by atoms with Crippen molar-refractivity contribution in [3.05, 3.63) is 59.7 Å². The topological polar surface area (TPSA) is 125 Å². The lowest BCUT2D eigenvalue weighted by atomic mass is 10.2. The number of nitrogens with one attached hydrogen (secondary N) is 2. The fourth-order valence-corrected chi connectivity index (χ4v) is 3.30. The Morgan fingerprint density at radius 3 is 2.31 bits per heavy atom. The Labute approximate surface area is 169 Å². The van der Waals surface area contributed by atoms with E-state index in [1.165, 1.54) is 19.1 Å². The number of anilines is 1. The zero-order valence-electron chi connectivity index (χ0n) is 16.0. The molecule has 2 N–H and O–H groups in total. The lowest BCUT2D eigenvalue weighted by Gasteiger charge is -2.14. The van der Waals surface area contributed by atoms with E-state index >= 15 is 0 Å². The number of benzene rings is 2. The van der Waals surface area contributed by atoms with Crippen molar-refractivity contribution in [1.82, 2.24) is 4.72 Å². The average molecular weight is 415 g/mol. The van der Waals surface area contributed by atoms with Crippen LogP contribution in [-0.2, 0) is 24.3 Å². The number of esters is 1. The highest BCUT2D eigenvalue weighted by molar-refractivity contribution is 7.89. The highest BCUT2D eigenvalue weighted by Gasteiger charge is 2.19. The van der Waals surface area contributed by atoms with Gasteiger partial charge in [0.25, 0.3) is 5.91 Å². The van der Waals surface area contributed by atoms with Crippen molar-refractivity contribution in [2.75, 3.05) is 11.9 Å². The SMILES string of the molecule is Cc1ccc(S(=O)(=O)NCCC(=O)O[C@H](C)C(=O)Nc2ccc(C#N)cc2)cc1. The van der Waals surface area contributed by atoms with Gasteiger partial charge >= 0.3 is 5.97 Å². The van der Waals surface area contributed by atoms with Gasteiger partial charge in [-0.1, -0.05) is 17.7 Å². The summed E-state index contributed by atoms with van der Waals surface area (Å²) in [4.78, 5) is 24.1. The van der Waals surface area contributed by atoms with E-state index in [2.05, 4.69) is 10.0 Å². The van der Waals surface area contributed by atoms with Gasteiger partial charge in [0.2, 0.25) is 10.0 Å². The van der Waals surface area contributed by atoms with Crippen molar-refractivity contribution in [2.24, 2.45) is 0 Å². The van der Waals surface area contributed by atoms with E-state index in [-0.39, 0.29) is 17.9 Å². The molecule has 0 spiro atoms. The molecule has 0 fully saturated rings. The number of carbonyl (C=O) groups is 2. The van der Waals surface area contributed by atoms with Crippen molar-refractivity contribution < 1.29 is 22.7 Å². The van der Waals surface area contributed by atoms with Crippen LogP contribution in [0.4, 0.5) is 5.69 Å². The molecule has 9 heteroatoms. The zero-order valence-corrected chi connectivity index (χ0v) is 16.8. The predicted octanol–water partition coefficient (Wildman–Crippen LogP) is 2.11. The number of rotatable bonds is 8. The van der Waals surface area contributed by atoms with Crippen LogP contribution in [0.1, 0.15) is 24.5 Å². The van der Waals surface area contributed by atoms with E-state index in [9.17, 15) is 18.0 Å². The number of nitriles is 1. The summed E-state index contributed by atoms with van der Waals surface area (Å²) in [5.74, 6) is -1.25. The monoisotopic (exact) mass is 415 g/mol. The minimum absolute atomic E-state index is 0.103. The molecule has 0 saturated heterocycles. The summed E-state index contributed by atoms with van der Waals surface area (Å²) in [5, 5.41) is 11.3. The van der Waals surface area contributed by atoms with Gasteiger partial charge in [0.15, 0.2) is 6.10 Å². The second-order valence-corrected chi connectivity index (χ2v) is 8.04. The van der Waals surface area contributed by atoms with Crippen LogP contribution in [0, 0.1) is 18.3 Å². The average Bonchev–Trinajstić information content (AvgIpc) is 2.68.